The topological polar surface area (TPSA) is 27.0 Å². The van der Waals surface area contributed by atoms with Crippen molar-refractivity contribution in [2.24, 2.45) is 5.92 Å². The van der Waals surface area contributed by atoms with Crippen LogP contribution in [-0.2, 0) is 0 Å². The lowest BCUT2D eigenvalue weighted by Gasteiger charge is -2.36. The second-order valence-electron chi connectivity index (χ2n) is 4.30. The van der Waals surface area contributed by atoms with Crippen LogP contribution in [0.15, 0.2) is 30.3 Å². The first kappa shape index (κ1) is 10.0. The van der Waals surface area contributed by atoms with Gasteiger partial charge >= 0.3 is 0 Å². The third-order valence-electron chi connectivity index (χ3n) is 3.10. The minimum atomic E-state index is 0.0520. The molecule has 2 nitrogen and oxygen atoms in total. The Morgan fingerprint density at radius 1 is 1.33 bits per heavy atom. The summed E-state index contributed by atoms with van der Waals surface area (Å²) in [5.74, 6) is 0.676. The summed E-state index contributed by atoms with van der Waals surface area (Å²) in [7, 11) is 0. The third kappa shape index (κ3) is 2.12. The maximum atomic E-state index is 9.15. The summed E-state index contributed by atoms with van der Waals surface area (Å²) in [5.41, 5.74) is 1.18. The zero-order valence-corrected chi connectivity index (χ0v) is 9.06. The Kier molecular flexibility index (Phi) is 2.91. The molecule has 0 unspecified atom stereocenters. The molecule has 15 heavy (non-hydrogen) atoms. The molecule has 0 N–H and O–H groups in total. The van der Waals surface area contributed by atoms with E-state index >= 15 is 0 Å². The van der Waals surface area contributed by atoms with Gasteiger partial charge in [-0.25, -0.2) is 0 Å². The van der Waals surface area contributed by atoms with E-state index in [0.717, 1.165) is 13.0 Å². The SMILES string of the molecule is C[C@H]1CCN(c2ccccc2)[C@H](C#N)C1. The van der Waals surface area contributed by atoms with Gasteiger partial charge in [-0.1, -0.05) is 25.1 Å². The Morgan fingerprint density at radius 3 is 2.73 bits per heavy atom. The van der Waals surface area contributed by atoms with Crippen LogP contribution < -0.4 is 4.90 Å². The van der Waals surface area contributed by atoms with Gasteiger partial charge in [0, 0.05) is 12.2 Å². The summed E-state index contributed by atoms with van der Waals surface area (Å²) < 4.78 is 0. The predicted octanol–water partition coefficient (Wildman–Crippen LogP) is 2.82. The van der Waals surface area contributed by atoms with Gasteiger partial charge in [-0.15, -0.1) is 0 Å². The second-order valence-corrected chi connectivity index (χ2v) is 4.30. The van der Waals surface area contributed by atoms with Gasteiger partial charge < -0.3 is 4.90 Å². The highest BCUT2D eigenvalue weighted by Crippen LogP contribution is 2.27. The van der Waals surface area contributed by atoms with Crippen LogP contribution >= 0.6 is 0 Å². The van der Waals surface area contributed by atoms with Gasteiger partial charge in [0.15, 0.2) is 0 Å². The fraction of sp³-hybridized carbons (Fsp3) is 0.462. The molecule has 2 heteroatoms. The number of hydrogen-bond acceptors (Lipinski definition) is 2. The van der Waals surface area contributed by atoms with E-state index in [-0.39, 0.29) is 6.04 Å². The highest BCUT2D eigenvalue weighted by atomic mass is 15.2. The number of hydrogen-bond donors (Lipinski definition) is 0. The lowest BCUT2D eigenvalue weighted by atomic mass is 9.92. The molecule has 0 radical (unpaired) electrons. The van der Waals surface area contributed by atoms with Crippen molar-refractivity contribution >= 4 is 5.69 Å². The first-order valence-electron chi connectivity index (χ1n) is 5.52. The molecular weight excluding hydrogens is 184 g/mol. The normalized spacial score (nSPS) is 26.0. The molecule has 1 heterocycles. The Bertz CT molecular complexity index is 353. The monoisotopic (exact) mass is 200 g/mol. The van der Waals surface area contributed by atoms with Crippen molar-refractivity contribution in [3.8, 4) is 6.07 Å². The molecule has 0 spiro atoms. The van der Waals surface area contributed by atoms with Gasteiger partial charge in [0.25, 0.3) is 0 Å². The van der Waals surface area contributed by atoms with Crippen LogP contribution in [-0.4, -0.2) is 12.6 Å². The Hall–Kier alpha value is -1.49. The highest BCUT2D eigenvalue weighted by Gasteiger charge is 2.25. The first-order valence-corrected chi connectivity index (χ1v) is 5.52. The van der Waals surface area contributed by atoms with E-state index in [1.807, 2.05) is 18.2 Å². The van der Waals surface area contributed by atoms with Gasteiger partial charge in [-0.2, -0.15) is 5.26 Å². The van der Waals surface area contributed by atoms with Crippen LogP contribution in [0, 0.1) is 17.2 Å². The average Bonchev–Trinajstić information content (AvgIpc) is 2.30. The fourth-order valence-electron chi connectivity index (χ4n) is 2.19. The minimum Gasteiger partial charge on any atom is -0.356 e. The number of benzene rings is 1. The van der Waals surface area contributed by atoms with Crippen molar-refractivity contribution in [1.29, 1.82) is 5.26 Å². The third-order valence-corrected chi connectivity index (χ3v) is 3.10. The van der Waals surface area contributed by atoms with E-state index in [2.05, 4.69) is 30.0 Å². The van der Waals surface area contributed by atoms with E-state index in [4.69, 9.17) is 5.26 Å². The average molecular weight is 200 g/mol. The lowest BCUT2D eigenvalue weighted by molar-refractivity contribution is 0.401. The van der Waals surface area contributed by atoms with E-state index in [1.165, 1.54) is 12.1 Å². The van der Waals surface area contributed by atoms with Gasteiger partial charge in [-0.3, -0.25) is 0 Å². The van der Waals surface area contributed by atoms with Gasteiger partial charge in [0.05, 0.1) is 6.07 Å². The van der Waals surface area contributed by atoms with Crippen molar-refractivity contribution < 1.29 is 0 Å². The molecule has 78 valence electrons. The number of nitrogens with zero attached hydrogens (tertiary/aromatic N) is 2. The summed E-state index contributed by atoms with van der Waals surface area (Å²) in [5, 5.41) is 9.15. The lowest BCUT2D eigenvalue weighted by Crippen LogP contribution is -2.41. The van der Waals surface area contributed by atoms with Crippen molar-refractivity contribution in [2.75, 3.05) is 11.4 Å². The summed E-state index contributed by atoms with van der Waals surface area (Å²) in [4.78, 5) is 2.22. The Morgan fingerprint density at radius 2 is 2.07 bits per heavy atom. The van der Waals surface area contributed by atoms with E-state index < -0.39 is 0 Å². The van der Waals surface area contributed by atoms with E-state index in [1.54, 1.807) is 0 Å². The van der Waals surface area contributed by atoms with E-state index in [0.29, 0.717) is 5.92 Å². The second kappa shape index (κ2) is 4.35. The zero-order chi connectivity index (χ0) is 10.7. The molecule has 1 saturated heterocycles. The smallest absolute Gasteiger partial charge is 0.117 e. The number of nitriles is 1. The number of para-hydroxylation sites is 1. The molecule has 2 atom stereocenters. The quantitative estimate of drug-likeness (QED) is 0.697. The standard InChI is InChI=1S/C13H16N2/c1-11-7-8-15(13(9-11)10-14)12-5-3-2-4-6-12/h2-6,11,13H,7-9H2,1H3/t11-,13-/m0/s1. The molecule has 1 fully saturated rings. The van der Waals surface area contributed by atoms with Crippen LogP contribution in [0.5, 0.6) is 0 Å². The molecule has 1 aromatic rings. The van der Waals surface area contributed by atoms with Crippen LogP contribution in [0.1, 0.15) is 19.8 Å². The van der Waals surface area contributed by atoms with Crippen molar-refractivity contribution in [3.63, 3.8) is 0 Å². The molecule has 0 amide bonds. The van der Waals surface area contributed by atoms with Crippen molar-refractivity contribution in [3.05, 3.63) is 30.3 Å². The summed E-state index contributed by atoms with van der Waals surface area (Å²) in [6.07, 6.45) is 2.18. The molecule has 1 aliphatic rings. The largest absolute Gasteiger partial charge is 0.356 e. The molecule has 0 bridgehead atoms. The molecule has 1 aromatic carbocycles. The van der Waals surface area contributed by atoms with Crippen LogP contribution in [0.4, 0.5) is 5.69 Å². The molecule has 0 aliphatic carbocycles. The number of piperidine rings is 1. The molecule has 0 saturated carbocycles. The summed E-state index contributed by atoms with van der Waals surface area (Å²) in [6.45, 7) is 3.23. The minimum absolute atomic E-state index is 0.0520. The molecule has 2 rings (SSSR count). The highest BCUT2D eigenvalue weighted by molar-refractivity contribution is 5.49. The van der Waals surface area contributed by atoms with Crippen LogP contribution in [0.2, 0.25) is 0 Å². The maximum absolute atomic E-state index is 9.15. The van der Waals surface area contributed by atoms with Crippen LogP contribution in [0.3, 0.4) is 0 Å². The van der Waals surface area contributed by atoms with Crippen molar-refractivity contribution in [2.45, 2.75) is 25.8 Å². The first-order chi connectivity index (χ1) is 7.31. The number of rotatable bonds is 1. The molecular formula is C13H16N2. The summed E-state index contributed by atoms with van der Waals surface area (Å²) >= 11 is 0. The Labute approximate surface area is 91.1 Å². The molecule has 1 aliphatic heterocycles. The Balaban J connectivity index is 2.19. The zero-order valence-electron chi connectivity index (χ0n) is 9.06. The number of anilines is 1. The molecule has 0 aromatic heterocycles. The van der Waals surface area contributed by atoms with Gasteiger partial charge in [0.2, 0.25) is 0 Å². The van der Waals surface area contributed by atoms with Gasteiger partial charge in [0.1, 0.15) is 6.04 Å². The van der Waals surface area contributed by atoms with E-state index in [9.17, 15) is 0 Å². The summed E-state index contributed by atoms with van der Waals surface area (Å²) in [6, 6.07) is 12.7. The fourth-order valence-corrected chi connectivity index (χ4v) is 2.19. The maximum Gasteiger partial charge on any atom is 0.117 e. The van der Waals surface area contributed by atoms with Gasteiger partial charge in [-0.05, 0) is 30.9 Å². The van der Waals surface area contributed by atoms with Crippen molar-refractivity contribution in [1.82, 2.24) is 0 Å². The predicted molar refractivity (Wildman–Crippen MR) is 61.6 cm³/mol. The van der Waals surface area contributed by atoms with Crippen LogP contribution in [0.25, 0.3) is 0 Å².